The summed E-state index contributed by atoms with van der Waals surface area (Å²) in [5, 5.41) is 2.99. The van der Waals surface area contributed by atoms with Gasteiger partial charge in [-0.25, -0.2) is 13.2 Å². The molecule has 3 atom stereocenters. The van der Waals surface area contributed by atoms with Gasteiger partial charge in [0.15, 0.2) is 0 Å². The molecule has 0 bridgehead atoms. The van der Waals surface area contributed by atoms with E-state index in [1.807, 2.05) is 51.1 Å². The normalized spacial score (nSPS) is 23.0. The maximum atomic E-state index is 13.7. The van der Waals surface area contributed by atoms with Crippen LogP contribution in [0.1, 0.15) is 45.2 Å². The molecule has 2 fully saturated rings. The lowest BCUT2D eigenvalue weighted by atomic mass is 9.90. The predicted molar refractivity (Wildman–Crippen MR) is 144 cm³/mol. The molecule has 0 spiro atoms. The van der Waals surface area contributed by atoms with Gasteiger partial charge in [-0.1, -0.05) is 48.5 Å². The van der Waals surface area contributed by atoms with Crippen LogP contribution >= 0.6 is 11.8 Å². The molecule has 2 heterocycles. The first-order valence-electron chi connectivity index (χ1n) is 12.5. The number of piperidine rings is 1. The summed E-state index contributed by atoms with van der Waals surface area (Å²) in [6, 6.07) is 17.4. The molecule has 0 aliphatic carbocycles. The Bertz CT molecular complexity index is 1190. The van der Waals surface area contributed by atoms with E-state index in [0.717, 1.165) is 5.56 Å². The monoisotopic (exact) mass is 545 g/mol. The molecule has 2 amide bonds. The van der Waals surface area contributed by atoms with Crippen LogP contribution in [0.5, 0.6) is 0 Å². The quantitative estimate of drug-likeness (QED) is 0.583. The third-order valence-corrected chi connectivity index (χ3v) is 9.53. The zero-order chi connectivity index (χ0) is 26.6. The second-order valence-corrected chi connectivity index (χ2v) is 13.3. The molecule has 2 aromatic carbocycles. The summed E-state index contributed by atoms with van der Waals surface area (Å²) < 4.78 is 34.3. The molecule has 4 rings (SSSR count). The minimum Gasteiger partial charge on any atom is -0.444 e. The third kappa shape index (κ3) is 6.66. The Morgan fingerprint density at radius 3 is 2.32 bits per heavy atom. The second-order valence-electron chi connectivity index (χ2n) is 10.4. The number of carbonyl (C=O) groups excluding carboxylic acids is 2. The molecule has 2 aromatic rings. The fourth-order valence-electron chi connectivity index (χ4n) is 4.69. The summed E-state index contributed by atoms with van der Waals surface area (Å²) in [4.78, 5) is 27.7. The van der Waals surface area contributed by atoms with E-state index in [-0.39, 0.29) is 35.5 Å². The van der Waals surface area contributed by atoms with E-state index in [9.17, 15) is 18.0 Å². The first-order valence-corrected chi connectivity index (χ1v) is 15.1. The van der Waals surface area contributed by atoms with Crippen molar-refractivity contribution < 1.29 is 22.7 Å². The van der Waals surface area contributed by atoms with E-state index in [4.69, 9.17) is 4.74 Å². The minimum atomic E-state index is -3.81. The molecule has 37 heavy (non-hydrogen) atoms. The smallest absolute Gasteiger partial charge is 0.411 e. The van der Waals surface area contributed by atoms with Crippen LogP contribution in [-0.2, 0) is 19.6 Å². The number of ether oxygens (including phenoxy) is 1. The Kier molecular flexibility index (Phi) is 8.50. The van der Waals surface area contributed by atoms with Crippen molar-refractivity contribution in [1.82, 2.24) is 14.5 Å². The number of amides is 2. The fraction of sp³-hybridized carbons (Fsp3) is 0.481. The van der Waals surface area contributed by atoms with Crippen LogP contribution < -0.4 is 5.32 Å². The molecular weight excluding hydrogens is 510 g/mol. The topological polar surface area (TPSA) is 96.0 Å². The van der Waals surface area contributed by atoms with Crippen LogP contribution in [0.3, 0.4) is 0 Å². The molecule has 0 aromatic heterocycles. The number of hydrogen-bond donors (Lipinski definition) is 1. The van der Waals surface area contributed by atoms with Crippen LogP contribution in [0.4, 0.5) is 4.79 Å². The summed E-state index contributed by atoms with van der Waals surface area (Å²) >= 11 is 1.62. The van der Waals surface area contributed by atoms with Gasteiger partial charge in [0, 0.05) is 18.8 Å². The van der Waals surface area contributed by atoms with Gasteiger partial charge in [-0.2, -0.15) is 4.31 Å². The van der Waals surface area contributed by atoms with Gasteiger partial charge in [-0.05, 0) is 51.3 Å². The van der Waals surface area contributed by atoms with Gasteiger partial charge >= 0.3 is 6.09 Å². The summed E-state index contributed by atoms with van der Waals surface area (Å²) in [6.07, 6.45) is 0.721. The lowest BCUT2D eigenvalue weighted by Gasteiger charge is -2.38. The summed E-state index contributed by atoms with van der Waals surface area (Å²) in [5.41, 5.74) is 0.320. The number of nitrogens with one attached hydrogen (secondary N) is 1. The molecule has 10 heteroatoms. The highest BCUT2D eigenvalue weighted by Crippen LogP contribution is 2.37. The van der Waals surface area contributed by atoms with Crippen molar-refractivity contribution in [3.05, 3.63) is 66.2 Å². The Morgan fingerprint density at radius 2 is 1.68 bits per heavy atom. The summed E-state index contributed by atoms with van der Waals surface area (Å²) in [7, 11) is -3.81. The number of sulfonamides is 1. The second kappa shape index (κ2) is 11.4. The Balaban J connectivity index is 1.46. The van der Waals surface area contributed by atoms with Crippen molar-refractivity contribution in [2.75, 3.05) is 24.7 Å². The molecule has 1 N–H and O–H groups in total. The molecule has 200 valence electrons. The van der Waals surface area contributed by atoms with E-state index in [2.05, 4.69) is 5.32 Å². The Hall–Kier alpha value is -2.56. The number of nitrogens with zero attached hydrogens (tertiary/aromatic N) is 2. The van der Waals surface area contributed by atoms with Gasteiger partial charge in [0.05, 0.1) is 28.8 Å². The molecule has 2 aliphatic heterocycles. The van der Waals surface area contributed by atoms with Crippen molar-refractivity contribution in [1.29, 1.82) is 0 Å². The average Bonchev–Trinajstić information content (AvgIpc) is 3.36. The summed E-state index contributed by atoms with van der Waals surface area (Å²) in [6.45, 7) is 5.87. The third-order valence-electron chi connectivity index (χ3n) is 6.56. The zero-order valence-corrected chi connectivity index (χ0v) is 23.1. The maximum absolute atomic E-state index is 13.7. The molecular formula is C27H35N3O5S2. The molecule has 2 saturated heterocycles. The highest BCUT2D eigenvalue weighted by Gasteiger charge is 2.40. The van der Waals surface area contributed by atoms with Gasteiger partial charge in [0.2, 0.25) is 15.9 Å². The van der Waals surface area contributed by atoms with Crippen LogP contribution in [0.25, 0.3) is 0 Å². The Labute approximate surface area is 223 Å². The lowest BCUT2D eigenvalue weighted by Crippen LogP contribution is -2.50. The maximum Gasteiger partial charge on any atom is 0.411 e. The van der Waals surface area contributed by atoms with Gasteiger partial charge in [-0.3, -0.25) is 9.69 Å². The van der Waals surface area contributed by atoms with Crippen LogP contribution in [0.15, 0.2) is 65.6 Å². The lowest BCUT2D eigenvalue weighted by molar-refractivity contribution is -0.126. The number of carbonyl (C=O) groups is 2. The summed E-state index contributed by atoms with van der Waals surface area (Å²) in [5.74, 6) is 0.540. The van der Waals surface area contributed by atoms with Crippen molar-refractivity contribution in [3.63, 3.8) is 0 Å². The van der Waals surface area contributed by atoms with Gasteiger partial charge in [-0.15, -0.1) is 11.8 Å². The standard InChI is InChI=1S/C27H35N3O5S2/c1-27(2,3)35-26(32)29-19-36-18-22(29)16-28-25(31)21-14-15-24(20-10-6-4-7-11-20)30(17-21)37(33,34)23-12-8-5-9-13-23/h4-13,21-22,24H,14-19H2,1-3H3,(H,28,31). The van der Waals surface area contributed by atoms with E-state index in [1.54, 1.807) is 47.0 Å². The molecule has 3 unspecified atom stereocenters. The molecule has 0 saturated carbocycles. The largest absolute Gasteiger partial charge is 0.444 e. The van der Waals surface area contributed by atoms with E-state index >= 15 is 0 Å². The van der Waals surface area contributed by atoms with Gasteiger partial charge in [0.1, 0.15) is 5.60 Å². The highest BCUT2D eigenvalue weighted by atomic mass is 32.2. The number of benzene rings is 2. The number of hydrogen-bond acceptors (Lipinski definition) is 6. The van der Waals surface area contributed by atoms with Gasteiger partial charge < -0.3 is 10.1 Å². The average molecular weight is 546 g/mol. The molecule has 8 nitrogen and oxygen atoms in total. The number of rotatable bonds is 6. The van der Waals surface area contributed by atoms with Gasteiger partial charge in [0.25, 0.3) is 0 Å². The highest BCUT2D eigenvalue weighted by molar-refractivity contribution is 7.99. The zero-order valence-electron chi connectivity index (χ0n) is 21.5. The van der Waals surface area contributed by atoms with Crippen LogP contribution in [0.2, 0.25) is 0 Å². The first kappa shape index (κ1) is 27.5. The van der Waals surface area contributed by atoms with E-state index < -0.39 is 21.5 Å². The van der Waals surface area contributed by atoms with Crippen molar-refractivity contribution in [3.8, 4) is 0 Å². The Morgan fingerprint density at radius 1 is 1.03 bits per heavy atom. The van der Waals surface area contributed by atoms with Crippen molar-refractivity contribution in [2.24, 2.45) is 5.92 Å². The van der Waals surface area contributed by atoms with E-state index in [0.29, 0.717) is 31.0 Å². The van der Waals surface area contributed by atoms with Crippen molar-refractivity contribution >= 4 is 33.8 Å². The predicted octanol–water partition coefficient (Wildman–Crippen LogP) is 4.25. The molecule has 2 aliphatic rings. The van der Waals surface area contributed by atoms with E-state index in [1.165, 1.54) is 4.31 Å². The molecule has 0 radical (unpaired) electrons. The first-order chi connectivity index (χ1) is 17.6. The number of thioether (sulfide) groups is 1. The fourth-order valence-corrected chi connectivity index (χ4v) is 7.59. The van der Waals surface area contributed by atoms with Crippen LogP contribution in [-0.4, -0.2) is 66.0 Å². The SMILES string of the molecule is CC(C)(C)OC(=O)N1CSCC1CNC(=O)C1CCC(c2ccccc2)N(S(=O)(=O)c2ccccc2)C1. The van der Waals surface area contributed by atoms with Crippen molar-refractivity contribution in [2.45, 2.75) is 56.2 Å². The van der Waals surface area contributed by atoms with Crippen LogP contribution in [0, 0.1) is 5.92 Å². The minimum absolute atomic E-state index is 0.0951.